The van der Waals surface area contributed by atoms with E-state index in [2.05, 4.69) is 15.2 Å². The van der Waals surface area contributed by atoms with Gasteiger partial charge in [0, 0.05) is 6.54 Å². The average Bonchev–Trinajstić information content (AvgIpc) is 2.90. The maximum absolute atomic E-state index is 6.08. The van der Waals surface area contributed by atoms with Crippen molar-refractivity contribution < 1.29 is 0 Å². The van der Waals surface area contributed by atoms with Crippen molar-refractivity contribution in [2.75, 3.05) is 5.73 Å². The normalized spacial score (nSPS) is 15.6. The topological polar surface area (TPSA) is 74.5 Å². The summed E-state index contributed by atoms with van der Waals surface area (Å²) in [6.45, 7) is 2.81. The molecule has 1 aliphatic carbocycles. The minimum atomic E-state index is 0.492. The first kappa shape index (κ1) is 9.38. The van der Waals surface area contributed by atoms with Gasteiger partial charge in [-0.1, -0.05) is 0 Å². The van der Waals surface area contributed by atoms with Crippen LogP contribution in [0.3, 0.4) is 0 Å². The van der Waals surface area contributed by atoms with Crippen molar-refractivity contribution in [1.29, 1.82) is 0 Å². The van der Waals surface area contributed by atoms with E-state index < -0.39 is 0 Å². The molecule has 1 fully saturated rings. The second kappa shape index (κ2) is 3.33. The molecule has 6 nitrogen and oxygen atoms in total. The second-order valence-corrected chi connectivity index (χ2v) is 4.02. The zero-order valence-electron chi connectivity index (χ0n) is 9.17. The zero-order chi connectivity index (χ0) is 11.1. The first-order valence-corrected chi connectivity index (χ1v) is 5.52. The Balaban J connectivity index is 2.06. The Morgan fingerprint density at radius 2 is 2.25 bits per heavy atom. The Bertz CT molecular complexity index is 507. The van der Waals surface area contributed by atoms with Crippen LogP contribution in [0, 0.1) is 0 Å². The molecule has 0 saturated heterocycles. The Kier molecular flexibility index (Phi) is 1.95. The fourth-order valence-corrected chi connectivity index (χ4v) is 1.86. The lowest BCUT2D eigenvalue weighted by molar-refractivity contribution is 0.651. The predicted molar refractivity (Wildman–Crippen MR) is 59.6 cm³/mol. The molecule has 0 unspecified atom stereocenters. The second-order valence-electron chi connectivity index (χ2n) is 4.02. The van der Waals surface area contributed by atoms with E-state index in [0.717, 1.165) is 17.9 Å². The summed E-state index contributed by atoms with van der Waals surface area (Å²) in [5.41, 5.74) is 6.96. The molecule has 3 rings (SSSR count). The first-order valence-electron chi connectivity index (χ1n) is 5.52. The van der Waals surface area contributed by atoms with Crippen LogP contribution in [0.5, 0.6) is 0 Å². The molecule has 0 spiro atoms. The number of aryl methyl sites for hydroxylation is 1. The van der Waals surface area contributed by atoms with E-state index in [1.165, 1.54) is 12.8 Å². The van der Waals surface area contributed by atoms with Crippen LogP contribution in [0.25, 0.3) is 11.4 Å². The van der Waals surface area contributed by atoms with Crippen molar-refractivity contribution >= 4 is 5.82 Å². The molecule has 84 valence electrons. The van der Waals surface area contributed by atoms with Crippen LogP contribution in [0.15, 0.2) is 12.5 Å². The molecule has 0 aliphatic heterocycles. The molecular formula is C10H14N6. The fourth-order valence-electron chi connectivity index (χ4n) is 1.86. The van der Waals surface area contributed by atoms with Crippen molar-refractivity contribution in [2.24, 2.45) is 0 Å². The molecule has 0 bridgehead atoms. The number of hydrogen-bond donors (Lipinski definition) is 1. The largest absolute Gasteiger partial charge is 0.383 e. The quantitative estimate of drug-likeness (QED) is 0.836. The number of anilines is 1. The molecule has 1 aliphatic rings. The molecule has 1 saturated carbocycles. The number of nitrogens with two attached hydrogens (primary N) is 1. The highest BCUT2D eigenvalue weighted by Crippen LogP contribution is 2.38. The minimum Gasteiger partial charge on any atom is -0.383 e. The van der Waals surface area contributed by atoms with Crippen LogP contribution in [-0.4, -0.2) is 24.5 Å². The summed E-state index contributed by atoms with van der Waals surface area (Å²) >= 11 is 0. The molecule has 2 N–H and O–H groups in total. The van der Waals surface area contributed by atoms with Crippen LogP contribution in [-0.2, 0) is 6.54 Å². The van der Waals surface area contributed by atoms with E-state index in [9.17, 15) is 0 Å². The number of rotatable bonds is 3. The monoisotopic (exact) mass is 218 g/mol. The lowest BCUT2D eigenvalue weighted by Gasteiger charge is -2.03. The van der Waals surface area contributed by atoms with Gasteiger partial charge in [-0.2, -0.15) is 10.2 Å². The van der Waals surface area contributed by atoms with Gasteiger partial charge in [-0.3, -0.25) is 0 Å². The SMILES string of the molecule is CCn1ncnc1-c1cnn(C2CC2)c1N. The van der Waals surface area contributed by atoms with E-state index in [4.69, 9.17) is 5.73 Å². The Morgan fingerprint density at radius 1 is 1.44 bits per heavy atom. The summed E-state index contributed by atoms with van der Waals surface area (Å²) in [4.78, 5) is 4.23. The fraction of sp³-hybridized carbons (Fsp3) is 0.500. The van der Waals surface area contributed by atoms with Crippen molar-refractivity contribution in [2.45, 2.75) is 32.4 Å². The molecule has 0 amide bonds. The minimum absolute atomic E-state index is 0.492. The standard InChI is InChI=1S/C10H14N6/c1-2-15-10(12-6-14-15)8-5-13-16(9(8)11)7-3-4-7/h5-7H,2-4,11H2,1H3. The molecule has 0 aromatic carbocycles. The number of nitrogens with zero attached hydrogens (tertiary/aromatic N) is 5. The van der Waals surface area contributed by atoms with Gasteiger partial charge in [0.05, 0.1) is 17.8 Å². The van der Waals surface area contributed by atoms with Gasteiger partial charge in [0.1, 0.15) is 12.1 Å². The highest BCUT2D eigenvalue weighted by atomic mass is 15.4. The van der Waals surface area contributed by atoms with Gasteiger partial charge in [0.15, 0.2) is 5.82 Å². The number of hydrogen-bond acceptors (Lipinski definition) is 4. The summed E-state index contributed by atoms with van der Waals surface area (Å²) in [7, 11) is 0. The van der Waals surface area contributed by atoms with Crippen LogP contribution in [0.2, 0.25) is 0 Å². The van der Waals surface area contributed by atoms with E-state index in [1.807, 2.05) is 16.3 Å². The Morgan fingerprint density at radius 3 is 2.94 bits per heavy atom. The van der Waals surface area contributed by atoms with Crippen LogP contribution < -0.4 is 5.73 Å². The van der Waals surface area contributed by atoms with Crippen LogP contribution in [0.1, 0.15) is 25.8 Å². The van der Waals surface area contributed by atoms with Crippen molar-refractivity contribution in [3.05, 3.63) is 12.5 Å². The smallest absolute Gasteiger partial charge is 0.163 e. The third-order valence-electron chi connectivity index (χ3n) is 2.88. The highest BCUT2D eigenvalue weighted by Gasteiger charge is 2.28. The summed E-state index contributed by atoms with van der Waals surface area (Å²) in [5.74, 6) is 1.50. The van der Waals surface area contributed by atoms with E-state index >= 15 is 0 Å². The van der Waals surface area contributed by atoms with Gasteiger partial charge in [-0.25, -0.2) is 14.3 Å². The van der Waals surface area contributed by atoms with E-state index in [0.29, 0.717) is 11.9 Å². The van der Waals surface area contributed by atoms with Crippen LogP contribution >= 0.6 is 0 Å². The molecule has 2 aromatic heterocycles. The van der Waals surface area contributed by atoms with Crippen molar-refractivity contribution in [1.82, 2.24) is 24.5 Å². The van der Waals surface area contributed by atoms with Gasteiger partial charge in [-0.05, 0) is 19.8 Å². The third-order valence-corrected chi connectivity index (χ3v) is 2.88. The number of nitrogen functional groups attached to an aromatic ring is 1. The van der Waals surface area contributed by atoms with Gasteiger partial charge in [0.25, 0.3) is 0 Å². The third kappa shape index (κ3) is 1.30. The lowest BCUT2D eigenvalue weighted by Crippen LogP contribution is -2.04. The Labute approximate surface area is 93.1 Å². The summed E-state index contributed by atoms with van der Waals surface area (Å²) in [5, 5.41) is 8.45. The molecule has 0 radical (unpaired) electrons. The van der Waals surface area contributed by atoms with Gasteiger partial charge >= 0.3 is 0 Å². The summed E-state index contributed by atoms with van der Waals surface area (Å²) in [6, 6.07) is 0.492. The predicted octanol–water partition coefficient (Wildman–Crippen LogP) is 1.08. The van der Waals surface area contributed by atoms with E-state index in [-0.39, 0.29) is 0 Å². The van der Waals surface area contributed by atoms with E-state index in [1.54, 1.807) is 12.5 Å². The lowest BCUT2D eigenvalue weighted by atomic mass is 10.3. The van der Waals surface area contributed by atoms with Crippen molar-refractivity contribution in [3.8, 4) is 11.4 Å². The van der Waals surface area contributed by atoms with Crippen molar-refractivity contribution in [3.63, 3.8) is 0 Å². The highest BCUT2D eigenvalue weighted by molar-refractivity contribution is 5.68. The molecule has 16 heavy (non-hydrogen) atoms. The molecular weight excluding hydrogens is 204 g/mol. The Hall–Kier alpha value is -1.85. The first-order chi connectivity index (χ1) is 7.81. The van der Waals surface area contributed by atoms with Gasteiger partial charge in [0.2, 0.25) is 0 Å². The summed E-state index contributed by atoms with van der Waals surface area (Å²) in [6.07, 6.45) is 5.67. The van der Waals surface area contributed by atoms with Crippen LogP contribution in [0.4, 0.5) is 5.82 Å². The van der Waals surface area contributed by atoms with Gasteiger partial charge < -0.3 is 5.73 Å². The maximum Gasteiger partial charge on any atom is 0.163 e. The molecule has 6 heteroatoms. The zero-order valence-corrected chi connectivity index (χ0v) is 9.17. The molecule has 2 aromatic rings. The molecule has 0 atom stereocenters. The van der Waals surface area contributed by atoms with Gasteiger partial charge in [-0.15, -0.1) is 0 Å². The molecule has 2 heterocycles. The average molecular weight is 218 g/mol. The maximum atomic E-state index is 6.08. The summed E-state index contributed by atoms with van der Waals surface area (Å²) < 4.78 is 3.72. The number of aromatic nitrogens is 5.